The molecule has 0 saturated heterocycles. The SMILES string of the molecule is COc1ccc2ccnc(N(CCCl)C3CCC3)c2c1. The molecule has 2 aromatic rings. The first-order valence-electron chi connectivity index (χ1n) is 7.09. The maximum atomic E-state index is 5.99. The van der Waals surface area contributed by atoms with Gasteiger partial charge in [-0.25, -0.2) is 4.98 Å². The average Bonchev–Trinajstić information content (AvgIpc) is 2.43. The number of nitrogens with zero attached hydrogens (tertiary/aromatic N) is 2. The van der Waals surface area contributed by atoms with Crippen molar-refractivity contribution in [3.05, 3.63) is 30.5 Å². The van der Waals surface area contributed by atoms with Gasteiger partial charge in [-0.2, -0.15) is 0 Å². The number of anilines is 1. The Morgan fingerprint density at radius 3 is 2.85 bits per heavy atom. The molecular formula is C16H19ClN2O. The number of hydrogen-bond donors (Lipinski definition) is 0. The van der Waals surface area contributed by atoms with Gasteiger partial charge in [0, 0.05) is 30.0 Å². The zero-order valence-electron chi connectivity index (χ0n) is 11.7. The first-order valence-corrected chi connectivity index (χ1v) is 7.62. The molecule has 1 aliphatic carbocycles. The molecule has 1 fully saturated rings. The van der Waals surface area contributed by atoms with Gasteiger partial charge < -0.3 is 9.64 Å². The van der Waals surface area contributed by atoms with E-state index in [0.717, 1.165) is 23.5 Å². The van der Waals surface area contributed by atoms with Crippen molar-refractivity contribution >= 4 is 28.2 Å². The van der Waals surface area contributed by atoms with Crippen LogP contribution >= 0.6 is 11.6 Å². The maximum absolute atomic E-state index is 5.99. The van der Waals surface area contributed by atoms with Crippen LogP contribution in [0.15, 0.2) is 30.5 Å². The van der Waals surface area contributed by atoms with Crippen LogP contribution < -0.4 is 9.64 Å². The summed E-state index contributed by atoms with van der Waals surface area (Å²) in [4.78, 5) is 6.98. The Morgan fingerprint density at radius 1 is 1.35 bits per heavy atom. The zero-order chi connectivity index (χ0) is 13.9. The fraction of sp³-hybridized carbons (Fsp3) is 0.438. The lowest BCUT2D eigenvalue weighted by molar-refractivity contribution is 0.389. The summed E-state index contributed by atoms with van der Waals surface area (Å²) in [6, 6.07) is 8.76. The van der Waals surface area contributed by atoms with E-state index < -0.39 is 0 Å². The van der Waals surface area contributed by atoms with E-state index in [1.807, 2.05) is 18.3 Å². The van der Waals surface area contributed by atoms with Gasteiger partial charge in [0.1, 0.15) is 11.6 Å². The molecular weight excluding hydrogens is 272 g/mol. The number of ether oxygens (including phenoxy) is 1. The summed E-state index contributed by atoms with van der Waals surface area (Å²) in [6.07, 6.45) is 5.65. The zero-order valence-corrected chi connectivity index (χ0v) is 12.4. The Morgan fingerprint density at radius 2 is 2.20 bits per heavy atom. The summed E-state index contributed by atoms with van der Waals surface area (Å²) < 4.78 is 5.35. The number of pyridine rings is 1. The van der Waals surface area contributed by atoms with Crippen molar-refractivity contribution in [1.82, 2.24) is 4.98 Å². The van der Waals surface area contributed by atoms with Gasteiger partial charge in [0.2, 0.25) is 0 Å². The Labute approximate surface area is 124 Å². The normalized spacial score (nSPS) is 15.1. The molecule has 1 heterocycles. The number of rotatable bonds is 5. The van der Waals surface area contributed by atoms with Crippen molar-refractivity contribution in [2.75, 3.05) is 24.4 Å². The fourth-order valence-electron chi connectivity index (χ4n) is 2.74. The summed E-state index contributed by atoms with van der Waals surface area (Å²) >= 11 is 5.99. The Bertz CT molecular complexity index is 598. The molecule has 0 N–H and O–H groups in total. The monoisotopic (exact) mass is 290 g/mol. The van der Waals surface area contributed by atoms with Gasteiger partial charge in [0.25, 0.3) is 0 Å². The number of fused-ring (bicyclic) bond motifs is 1. The fourth-order valence-corrected chi connectivity index (χ4v) is 2.92. The number of aromatic nitrogens is 1. The predicted octanol–water partition coefficient (Wildman–Crippen LogP) is 3.84. The molecule has 0 radical (unpaired) electrons. The Kier molecular flexibility index (Phi) is 3.97. The van der Waals surface area contributed by atoms with Crippen molar-refractivity contribution in [2.24, 2.45) is 0 Å². The van der Waals surface area contributed by atoms with Crippen LogP contribution in [0.25, 0.3) is 10.8 Å². The number of methoxy groups -OCH3 is 1. The minimum Gasteiger partial charge on any atom is -0.497 e. The van der Waals surface area contributed by atoms with Crippen molar-refractivity contribution in [2.45, 2.75) is 25.3 Å². The molecule has 0 aliphatic heterocycles. The second-order valence-electron chi connectivity index (χ2n) is 5.19. The molecule has 1 aromatic heterocycles. The van der Waals surface area contributed by atoms with Crippen LogP contribution in [0, 0.1) is 0 Å². The summed E-state index contributed by atoms with van der Waals surface area (Å²) in [6.45, 7) is 0.843. The summed E-state index contributed by atoms with van der Waals surface area (Å²) in [5, 5.41) is 2.33. The van der Waals surface area contributed by atoms with E-state index in [2.05, 4.69) is 22.0 Å². The van der Waals surface area contributed by atoms with Crippen molar-refractivity contribution in [1.29, 1.82) is 0 Å². The van der Waals surface area contributed by atoms with Gasteiger partial charge in [-0.05, 0) is 42.8 Å². The Hall–Kier alpha value is -1.48. The van der Waals surface area contributed by atoms with Crippen LogP contribution in [0.1, 0.15) is 19.3 Å². The van der Waals surface area contributed by atoms with Crippen molar-refractivity contribution in [3.63, 3.8) is 0 Å². The second-order valence-corrected chi connectivity index (χ2v) is 5.57. The number of alkyl halides is 1. The third-order valence-corrected chi connectivity index (χ3v) is 4.23. The van der Waals surface area contributed by atoms with Crippen molar-refractivity contribution < 1.29 is 4.74 Å². The number of halogens is 1. The molecule has 0 spiro atoms. The molecule has 106 valence electrons. The van der Waals surface area contributed by atoms with E-state index in [4.69, 9.17) is 16.3 Å². The lowest BCUT2D eigenvalue weighted by Crippen LogP contribution is -2.42. The molecule has 3 nitrogen and oxygen atoms in total. The summed E-state index contributed by atoms with van der Waals surface area (Å²) in [7, 11) is 1.69. The van der Waals surface area contributed by atoms with Gasteiger partial charge in [0.15, 0.2) is 0 Å². The van der Waals surface area contributed by atoms with Gasteiger partial charge in [0.05, 0.1) is 7.11 Å². The van der Waals surface area contributed by atoms with E-state index in [1.165, 1.54) is 24.6 Å². The highest BCUT2D eigenvalue weighted by atomic mass is 35.5. The molecule has 3 rings (SSSR count). The number of benzene rings is 1. The van der Waals surface area contributed by atoms with E-state index in [-0.39, 0.29) is 0 Å². The molecule has 0 bridgehead atoms. The highest BCUT2D eigenvalue weighted by Gasteiger charge is 2.26. The molecule has 0 unspecified atom stereocenters. The molecule has 1 saturated carbocycles. The van der Waals surface area contributed by atoms with Gasteiger partial charge in [-0.3, -0.25) is 0 Å². The van der Waals surface area contributed by atoms with E-state index in [1.54, 1.807) is 7.11 Å². The molecule has 0 amide bonds. The van der Waals surface area contributed by atoms with E-state index in [9.17, 15) is 0 Å². The maximum Gasteiger partial charge on any atom is 0.136 e. The van der Waals surface area contributed by atoms with Gasteiger partial charge in [-0.1, -0.05) is 6.07 Å². The van der Waals surface area contributed by atoms with Crippen LogP contribution in [-0.2, 0) is 0 Å². The third-order valence-electron chi connectivity index (χ3n) is 4.07. The van der Waals surface area contributed by atoms with Gasteiger partial charge in [-0.15, -0.1) is 11.6 Å². The highest BCUT2D eigenvalue weighted by molar-refractivity contribution is 6.18. The van der Waals surface area contributed by atoms with Crippen LogP contribution in [0.4, 0.5) is 5.82 Å². The standard InChI is InChI=1S/C16H19ClN2O/c1-20-14-6-5-12-7-9-18-16(15(12)11-14)19(10-8-17)13-3-2-4-13/h5-7,9,11,13H,2-4,8,10H2,1H3. The first kappa shape index (κ1) is 13.5. The first-order chi connectivity index (χ1) is 9.83. The molecule has 1 aromatic carbocycles. The number of hydrogen-bond acceptors (Lipinski definition) is 3. The van der Waals surface area contributed by atoms with E-state index in [0.29, 0.717) is 11.9 Å². The highest BCUT2D eigenvalue weighted by Crippen LogP contribution is 2.34. The topological polar surface area (TPSA) is 25.4 Å². The van der Waals surface area contributed by atoms with Crippen molar-refractivity contribution in [3.8, 4) is 5.75 Å². The van der Waals surface area contributed by atoms with Crippen LogP contribution in [-0.4, -0.2) is 30.6 Å². The largest absolute Gasteiger partial charge is 0.497 e. The van der Waals surface area contributed by atoms with E-state index >= 15 is 0 Å². The lowest BCUT2D eigenvalue weighted by atomic mass is 9.91. The molecule has 0 atom stereocenters. The molecule has 1 aliphatic rings. The second kappa shape index (κ2) is 5.88. The van der Waals surface area contributed by atoms with Gasteiger partial charge >= 0.3 is 0 Å². The molecule has 4 heteroatoms. The minimum atomic E-state index is 0.582. The Balaban J connectivity index is 2.07. The quantitative estimate of drug-likeness (QED) is 0.782. The minimum absolute atomic E-state index is 0.582. The lowest BCUT2D eigenvalue weighted by Gasteiger charge is -2.38. The van der Waals surface area contributed by atoms with Crippen LogP contribution in [0.5, 0.6) is 5.75 Å². The predicted molar refractivity (Wildman–Crippen MR) is 84.0 cm³/mol. The van der Waals surface area contributed by atoms with Crippen LogP contribution in [0.3, 0.4) is 0 Å². The summed E-state index contributed by atoms with van der Waals surface area (Å²) in [5.41, 5.74) is 0. The average molecular weight is 291 g/mol. The smallest absolute Gasteiger partial charge is 0.136 e. The summed E-state index contributed by atoms with van der Waals surface area (Å²) in [5.74, 6) is 2.52. The third kappa shape index (κ3) is 2.42. The van der Waals surface area contributed by atoms with Crippen LogP contribution in [0.2, 0.25) is 0 Å². The molecule has 20 heavy (non-hydrogen) atoms.